The monoisotopic (exact) mass is 285 g/mol. The predicted molar refractivity (Wildman–Crippen MR) is 53.4 cm³/mol. The molecule has 0 aromatic rings. The molecule has 0 N–H and O–H groups in total. The summed E-state index contributed by atoms with van der Waals surface area (Å²) in [5.41, 5.74) is 1.42. The molecular formula is C12H14I-. The van der Waals surface area contributed by atoms with E-state index in [-0.39, 0.29) is 21.2 Å². The van der Waals surface area contributed by atoms with Gasteiger partial charge in [-0.25, -0.2) is 0 Å². The molecule has 0 aromatic carbocycles. The second kappa shape index (κ2) is 2.84. The van der Waals surface area contributed by atoms with Gasteiger partial charge in [-0.05, 0) is 0 Å². The van der Waals surface area contributed by atoms with Crippen molar-refractivity contribution in [1.82, 2.24) is 0 Å². The summed E-state index contributed by atoms with van der Waals surface area (Å²) in [5, 5.41) is 0. The number of rotatable bonds is 2. The first-order chi connectivity index (χ1) is 6.12. The summed E-state index contributed by atoms with van der Waals surface area (Å²) in [6, 6.07) is 0. The topological polar surface area (TPSA) is 0 Å². The van der Waals surface area contributed by atoms with E-state index in [2.05, 4.69) is 50.8 Å². The summed E-state index contributed by atoms with van der Waals surface area (Å²) >= 11 is 0.263. The molecule has 70 valence electrons. The van der Waals surface area contributed by atoms with Gasteiger partial charge >= 0.3 is 90.5 Å². The predicted octanol–water partition coefficient (Wildman–Crippen LogP) is -0.155. The Balaban J connectivity index is 2.29. The van der Waals surface area contributed by atoms with Crippen LogP contribution in [0.1, 0.15) is 13.8 Å². The summed E-state index contributed by atoms with van der Waals surface area (Å²) in [5.74, 6) is 0. The zero-order chi connectivity index (χ0) is 9.53. The van der Waals surface area contributed by atoms with Crippen molar-refractivity contribution in [2.24, 2.45) is 0 Å². The van der Waals surface area contributed by atoms with E-state index in [0.29, 0.717) is 6.84 Å². The van der Waals surface area contributed by atoms with Gasteiger partial charge in [0.25, 0.3) is 0 Å². The Morgan fingerprint density at radius 1 is 1.54 bits per heavy atom. The Bertz CT molecular complexity index is 335. The molecule has 1 heterocycles. The van der Waals surface area contributed by atoms with Gasteiger partial charge in [0.1, 0.15) is 0 Å². The van der Waals surface area contributed by atoms with Gasteiger partial charge in [-0.3, -0.25) is 0 Å². The van der Waals surface area contributed by atoms with Crippen molar-refractivity contribution in [1.29, 1.82) is 0 Å². The molecule has 2 rings (SSSR count). The summed E-state index contributed by atoms with van der Waals surface area (Å²) < 4.78 is 0.907. The number of allylic oxidation sites excluding steroid dienone is 7. The van der Waals surface area contributed by atoms with E-state index < -0.39 is 0 Å². The summed E-state index contributed by atoms with van der Waals surface area (Å²) in [4.78, 5) is 0. The van der Waals surface area contributed by atoms with Crippen molar-refractivity contribution in [3.05, 3.63) is 48.6 Å². The van der Waals surface area contributed by atoms with E-state index in [1.54, 1.807) is 0 Å². The van der Waals surface area contributed by atoms with Crippen molar-refractivity contribution in [3.8, 4) is 0 Å². The summed E-state index contributed by atoms with van der Waals surface area (Å²) in [6.45, 7) is 8.28. The summed E-state index contributed by atoms with van der Waals surface area (Å²) in [7, 11) is 0. The number of fused-ring (bicyclic) bond motifs is 1. The van der Waals surface area contributed by atoms with Crippen LogP contribution in [0.15, 0.2) is 48.6 Å². The maximum absolute atomic E-state index is 3.72. The number of hydrogen-bond donors (Lipinski definition) is 0. The van der Waals surface area contributed by atoms with Crippen LogP contribution >= 0.6 is 0 Å². The van der Waals surface area contributed by atoms with Gasteiger partial charge in [0.05, 0.1) is 0 Å². The third-order valence-electron chi connectivity index (χ3n) is 2.63. The number of hydrogen-bond acceptors (Lipinski definition) is 0. The van der Waals surface area contributed by atoms with Crippen LogP contribution < -0.4 is 21.2 Å². The van der Waals surface area contributed by atoms with Crippen molar-refractivity contribution in [2.45, 2.75) is 20.7 Å². The van der Waals surface area contributed by atoms with Gasteiger partial charge in [0.2, 0.25) is 0 Å². The zero-order valence-electron chi connectivity index (χ0n) is 8.05. The second-order valence-corrected chi connectivity index (χ2v) is 8.32. The molecule has 1 aliphatic heterocycles. The molecule has 1 unspecified atom stereocenters. The molecule has 0 nitrogen and oxygen atoms in total. The van der Waals surface area contributed by atoms with Crippen molar-refractivity contribution in [3.63, 3.8) is 0 Å². The van der Waals surface area contributed by atoms with Crippen molar-refractivity contribution < 1.29 is 21.2 Å². The third kappa shape index (κ3) is 1.33. The van der Waals surface area contributed by atoms with Gasteiger partial charge in [-0.2, -0.15) is 0 Å². The van der Waals surface area contributed by atoms with Gasteiger partial charge in [-0.15, -0.1) is 0 Å². The fourth-order valence-electron chi connectivity index (χ4n) is 1.82. The van der Waals surface area contributed by atoms with E-state index >= 15 is 0 Å². The van der Waals surface area contributed by atoms with Crippen LogP contribution in [0.3, 0.4) is 0 Å². The molecule has 1 fully saturated rings. The molecule has 0 amide bonds. The zero-order valence-corrected chi connectivity index (χ0v) is 10.2. The molecule has 2 aliphatic rings. The van der Waals surface area contributed by atoms with Crippen LogP contribution in [0.4, 0.5) is 0 Å². The van der Waals surface area contributed by atoms with Gasteiger partial charge < -0.3 is 0 Å². The van der Waals surface area contributed by atoms with E-state index in [1.165, 1.54) is 5.57 Å². The fourth-order valence-corrected chi connectivity index (χ4v) is 5.45. The van der Waals surface area contributed by atoms with Crippen LogP contribution in [0, 0.1) is 0 Å². The number of alkyl halides is 2. The van der Waals surface area contributed by atoms with E-state index in [0.717, 1.165) is 0 Å². The molecule has 13 heavy (non-hydrogen) atoms. The van der Waals surface area contributed by atoms with Crippen molar-refractivity contribution >= 4 is 0 Å². The molecule has 1 saturated heterocycles. The molecule has 2 atom stereocenters. The maximum atomic E-state index is 3.72. The quantitative estimate of drug-likeness (QED) is 0.376. The first kappa shape index (κ1) is 9.25. The van der Waals surface area contributed by atoms with Crippen LogP contribution in [0.2, 0.25) is 0 Å². The number of halogens is 1. The molecular weight excluding hydrogens is 271 g/mol. The molecule has 0 aromatic heterocycles. The van der Waals surface area contributed by atoms with Crippen LogP contribution in [0.5, 0.6) is 0 Å². The Kier molecular flexibility index (Phi) is 2.02. The third-order valence-corrected chi connectivity index (χ3v) is 7.15. The van der Waals surface area contributed by atoms with Gasteiger partial charge in [0, 0.05) is 0 Å². The Morgan fingerprint density at radius 2 is 2.31 bits per heavy atom. The van der Waals surface area contributed by atoms with Crippen molar-refractivity contribution in [2.75, 3.05) is 0 Å². The first-order valence-corrected chi connectivity index (χ1v) is 6.64. The van der Waals surface area contributed by atoms with Gasteiger partial charge in [0.15, 0.2) is 0 Å². The Morgan fingerprint density at radius 3 is 2.92 bits per heavy atom. The molecule has 0 radical (unpaired) electrons. The van der Waals surface area contributed by atoms with E-state index in [4.69, 9.17) is 0 Å². The van der Waals surface area contributed by atoms with Crippen LogP contribution in [0.25, 0.3) is 0 Å². The summed E-state index contributed by atoms with van der Waals surface area (Å²) in [6.07, 6.45) is 13.4. The van der Waals surface area contributed by atoms with Gasteiger partial charge in [-0.1, -0.05) is 0 Å². The molecule has 0 bridgehead atoms. The average molecular weight is 285 g/mol. The Hall–Kier alpha value is -0.310. The molecule has 0 saturated carbocycles. The standard InChI is InChI=1S/C12H14I/c1-4-5-7-12-8-6-10(2)9-11(12,3)13-12/h4-9H,1H2,2-3H3/q-1/b7-5-/t11?,12-/m0/s1. The van der Waals surface area contributed by atoms with Crippen LogP contribution in [-0.2, 0) is 0 Å². The molecule has 1 aliphatic carbocycles. The fraction of sp³-hybridized carbons (Fsp3) is 0.333. The second-order valence-electron chi connectivity index (χ2n) is 3.75. The normalized spacial score (nSPS) is 42.2. The van der Waals surface area contributed by atoms with Crippen LogP contribution in [-0.4, -0.2) is 6.84 Å². The minimum atomic E-state index is 0.263. The van der Waals surface area contributed by atoms with E-state index in [9.17, 15) is 0 Å². The minimum absolute atomic E-state index is 0.263. The SMILES string of the molecule is C=C/C=C\[C@]12C=CC(C)=CC1(C)[I-]2. The average Bonchev–Trinajstić information content (AvgIpc) is 2.67. The molecule has 0 spiro atoms. The van der Waals surface area contributed by atoms with E-state index in [1.807, 2.05) is 6.08 Å². The molecule has 1 heteroatoms. The first-order valence-electron chi connectivity index (χ1n) is 4.48. The Labute approximate surface area is 90.4 Å².